The maximum absolute atomic E-state index is 4.33. The quantitative estimate of drug-likeness (QED) is 0.712. The second kappa shape index (κ2) is 5.84. The molecule has 0 aliphatic carbocycles. The highest BCUT2D eigenvalue weighted by atomic mass is 15.2. The average molecular weight is 289 g/mol. The summed E-state index contributed by atoms with van der Waals surface area (Å²) in [6.45, 7) is 11.7. The van der Waals surface area contributed by atoms with Gasteiger partial charge >= 0.3 is 0 Å². The molecule has 0 spiro atoms. The van der Waals surface area contributed by atoms with Gasteiger partial charge in [-0.15, -0.1) is 0 Å². The smallest absolute Gasteiger partial charge is 0.0488 e. The van der Waals surface area contributed by atoms with Crippen molar-refractivity contribution in [1.82, 2.24) is 0 Å². The van der Waals surface area contributed by atoms with E-state index in [1.54, 1.807) is 0 Å². The molecule has 0 bridgehead atoms. The lowest BCUT2D eigenvalue weighted by Crippen LogP contribution is -2.13. The van der Waals surface area contributed by atoms with Crippen molar-refractivity contribution in [1.29, 1.82) is 0 Å². The van der Waals surface area contributed by atoms with Crippen molar-refractivity contribution in [2.75, 3.05) is 4.90 Å². The minimum Gasteiger partial charge on any atom is -0.337 e. The van der Waals surface area contributed by atoms with E-state index in [0.717, 1.165) is 18.7 Å². The number of fused-ring (bicyclic) bond motifs is 1. The highest BCUT2D eigenvalue weighted by Crippen LogP contribution is 2.37. The zero-order chi connectivity index (χ0) is 15.7. The molecule has 0 atom stereocenters. The zero-order valence-corrected chi connectivity index (χ0v) is 13.7. The van der Waals surface area contributed by atoms with E-state index in [-0.39, 0.29) is 0 Å². The van der Waals surface area contributed by atoms with Gasteiger partial charge in [0.05, 0.1) is 0 Å². The van der Waals surface area contributed by atoms with Crippen LogP contribution in [0.2, 0.25) is 0 Å². The molecule has 2 aromatic rings. The van der Waals surface area contributed by atoms with E-state index in [1.807, 2.05) is 0 Å². The van der Waals surface area contributed by atoms with E-state index in [1.165, 1.54) is 33.5 Å². The van der Waals surface area contributed by atoms with Crippen molar-refractivity contribution >= 4 is 17.5 Å². The first kappa shape index (κ1) is 14.6. The molecule has 0 fully saturated rings. The molecule has 1 heteroatoms. The van der Waals surface area contributed by atoms with Crippen LogP contribution in [0.5, 0.6) is 0 Å². The monoisotopic (exact) mass is 289 g/mol. The molecule has 0 amide bonds. The van der Waals surface area contributed by atoms with E-state index in [2.05, 4.69) is 80.8 Å². The number of hydrogen-bond acceptors (Lipinski definition) is 1. The standard InChI is InChI=1S/C21H23N/c1-5-7-18-10-11-20(12-15(18)3)22-14-19-9-8-17(6-2)13-21(19)16(22)4/h5,7-13H,4,6,14H2,1-3H3/b7-5-. The van der Waals surface area contributed by atoms with E-state index in [4.69, 9.17) is 0 Å². The maximum atomic E-state index is 4.33. The number of rotatable bonds is 3. The summed E-state index contributed by atoms with van der Waals surface area (Å²) in [5, 5.41) is 0. The van der Waals surface area contributed by atoms with Gasteiger partial charge in [0.2, 0.25) is 0 Å². The highest BCUT2D eigenvalue weighted by Gasteiger charge is 2.23. The molecule has 1 aliphatic heterocycles. The average Bonchev–Trinajstić information content (AvgIpc) is 2.86. The molecule has 22 heavy (non-hydrogen) atoms. The Labute approximate surface area is 133 Å². The van der Waals surface area contributed by atoms with E-state index in [9.17, 15) is 0 Å². The molecule has 1 heterocycles. The van der Waals surface area contributed by atoms with E-state index in [0.29, 0.717) is 0 Å². The Hall–Kier alpha value is -2.28. The second-order valence-electron chi connectivity index (χ2n) is 5.92. The van der Waals surface area contributed by atoms with Gasteiger partial charge in [-0.1, -0.05) is 43.9 Å². The summed E-state index contributed by atoms with van der Waals surface area (Å²) in [4.78, 5) is 2.32. The van der Waals surface area contributed by atoms with Gasteiger partial charge in [0.15, 0.2) is 0 Å². The van der Waals surface area contributed by atoms with Gasteiger partial charge in [0, 0.05) is 23.5 Å². The third kappa shape index (κ3) is 2.48. The molecule has 1 aliphatic rings. The lowest BCUT2D eigenvalue weighted by Gasteiger charge is -2.20. The van der Waals surface area contributed by atoms with Crippen LogP contribution in [-0.2, 0) is 13.0 Å². The zero-order valence-electron chi connectivity index (χ0n) is 13.7. The van der Waals surface area contributed by atoms with Crippen molar-refractivity contribution in [3.8, 4) is 0 Å². The summed E-state index contributed by atoms with van der Waals surface area (Å²) < 4.78 is 0. The lowest BCUT2D eigenvalue weighted by molar-refractivity contribution is 1.04. The fourth-order valence-corrected chi connectivity index (χ4v) is 3.10. The molecule has 0 unspecified atom stereocenters. The largest absolute Gasteiger partial charge is 0.337 e. The number of allylic oxidation sites excluding steroid dienone is 1. The van der Waals surface area contributed by atoms with Crippen LogP contribution in [0, 0.1) is 6.92 Å². The Morgan fingerprint density at radius 3 is 2.68 bits per heavy atom. The third-order valence-electron chi connectivity index (χ3n) is 4.46. The van der Waals surface area contributed by atoms with E-state index < -0.39 is 0 Å². The molecule has 1 nitrogen and oxygen atoms in total. The predicted octanol–water partition coefficient (Wildman–Crippen LogP) is 5.58. The van der Waals surface area contributed by atoms with Gasteiger partial charge in [-0.3, -0.25) is 0 Å². The minimum atomic E-state index is 0.917. The maximum Gasteiger partial charge on any atom is 0.0488 e. The Morgan fingerprint density at radius 1 is 1.18 bits per heavy atom. The summed E-state index contributed by atoms with van der Waals surface area (Å²) in [5.74, 6) is 0. The van der Waals surface area contributed by atoms with E-state index >= 15 is 0 Å². The molecule has 2 aromatic carbocycles. The fourth-order valence-electron chi connectivity index (χ4n) is 3.10. The second-order valence-corrected chi connectivity index (χ2v) is 5.92. The van der Waals surface area contributed by atoms with Crippen LogP contribution in [-0.4, -0.2) is 0 Å². The van der Waals surface area contributed by atoms with Crippen LogP contribution in [0.3, 0.4) is 0 Å². The fraction of sp³-hybridized carbons (Fsp3) is 0.238. The Balaban J connectivity index is 1.95. The van der Waals surface area contributed by atoms with Crippen molar-refractivity contribution in [2.45, 2.75) is 33.7 Å². The first-order valence-electron chi connectivity index (χ1n) is 7.96. The molecule has 3 rings (SSSR count). The van der Waals surface area contributed by atoms with Gasteiger partial charge in [-0.05, 0) is 60.7 Å². The Morgan fingerprint density at radius 2 is 2.00 bits per heavy atom. The van der Waals surface area contributed by atoms with Crippen LogP contribution in [0.15, 0.2) is 49.1 Å². The normalized spacial score (nSPS) is 14.0. The van der Waals surface area contributed by atoms with Crippen molar-refractivity contribution in [2.24, 2.45) is 0 Å². The molecule has 0 aromatic heterocycles. The third-order valence-corrected chi connectivity index (χ3v) is 4.46. The van der Waals surface area contributed by atoms with Crippen LogP contribution in [0.1, 0.15) is 41.7 Å². The van der Waals surface area contributed by atoms with Crippen LogP contribution >= 0.6 is 0 Å². The summed E-state index contributed by atoms with van der Waals surface area (Å²) >= 11 is 0. The highest BCUT2D eigenvalue weighted by molar-refractivity contribution is 5.84. The van der Waals surface area contributed by atoms with Crippen molar-refractivity contribution < 1.29 is 0 Å². The Bertz CT molecular complexity index is 752. The number of anilines is 1. The first-order chi connectivity index (χ1) is 10.6. The number of aryl methyl sites for hydroxylation is 2. The van der Waals surface area contributed by atoms with Crippen LogP contribution in [0.4, 0.5) is 5.69 Å². The van der Waals surface area contributed by atoms with Crippen molar-refractivity contribution in [3.63, 3.8) is 0 Å². The number of benzene rings is 2. The lowest BCUT2D eigenvalue weighted by atomic mass is 10.0. The number of hydrogen-bond donors (Lipinski definition) is 0. The minimum absolute atomic E-state index is 0.917. The molecular weight excluding hydrogens is 266 g/mol. The van der Waals surface area contributed by atoms with Gasteiger partial charge < -0.3 is 4.90 Å². The Kier molecular flexibility index (Phi) is 3.89. The molecule has 0 radical (unpaired) electrons. The molecule has 112 valence electrons. The van der Waals surface area contributed by atoms with Crippen LogP contribution < -0.4 is 4.90 Å². The van der Waals surface area contributed by atoms with Crippen LogP contribution in [0.25, 0.3) is 11.8 Å². The molecule has 0 N–H and O–H groups in total. The van der Waals surface area contributed by atoms with Crippen molar-refractivity contribution in [3.05, 3.63) is 76.9 Å². The van der Waals surface area contributed by atoms with Gasteiger partial charge in [0.1, 0.15) is 0 Å². The summed E-state index contributed by atoms with van der Waals surface area (Å²) in [6.07, 6.45) is 5.30. The first-order valence-corrected chi connectivity index (χ1v) is 7.96. The molecular formula is C21H23N. The van der Waals surface area contributed by atoms with Gasteiger partial charge in [0.25, 0.3) is 0 Å². The van der Waals surface area contributed by atoms with Gasteiger partial charge in [-0.25, -0.2) is 0 Å². The molecule has 0 saturated heterocycles. The topological polar surface area (TPSA) is 3.24 Å². The summed E-state index contributed by atoms with van der Waals surface area (Å²) in [5.41, 5.74) is 8.97. The summed E-state index contributed by atoms with van der Waals surface area (Å²) in [7, 11) is 0. The SMILES string of the molecule is C=C1c2cc(CC)ccc2CN1c1ccc(/C=C\C)c(C)c1. The van der Waals surface area contributed by atoms with Gasteiger partial charge in [-0.2, -0.15) is 0 Å². The summed E-state index contributed by atoms with van der Waals surface area (Å²) in [6, 6.07) is 13.4. The number of nitrogens with zero attached hydrogens (tertiary/aromatic N) is 1. The molecule has 0 saturated carbocycles. The predicted molar refractivity (Wildman–Crippen MR) is 96.9 cm³/mol.